The Hall–Kier alpha value is -0.300. The maximum atomic E-state index is 3.75. The molecule has 0 heterocycles. The average Bonchev–Trinajstić information content (AvgIpc) is 2.24. The second-order valence-corrected chi connectivity index (χ2v) is 4.33. The van der Waals surface area contributed by atoms with E-state index in [1.807, 2.05) is 6.08 Å². The topological polar surface area (TPSA) is 3.24 Å². The summed E-state index contributed by atoms with van der Waals surface area (Å²) in [4.78, 5) is 2.60. The van der Waals surface area contributed by atoms with Crippen LogP contribution >= 0.6 is 0 Å². The van der Waals surface area contributed by atoms with Gasteiger partial charge in [-0.15, -0.1) is 6.58 Å². The fraction of sp³-hybridized carbons (Fsp3) is 0.857. The lowest BCUT2D eigenvalue weighted by Crippen LogP contribution is -2.26. The van der Waals surface area contributed by atoms with Crippen LogP contribution < -0.4 is 0 Å². The van der Waals surface area contributed by atoms with Gasteiger partial charge in [0.05, 0.1) is 0 Å². The Labute approximate surface area is 96.6 Å². The predicted molar refractivity (Wildman–Crippen MR) is 70.3 cm³/mol. The molecule has 1 heteroatoms. The summed E-state index contributed by atoms with van der Waals surface area (Å²) in [5.41, 5.74) is 0. The van der Waals surface area contributed by atoms with Gasteiger partial charge in [0.2, 0.25) is 0 Å². The molecule has 0 spiro atoms. The zero-order valence-corrected chi connectivity index (χ0v) is 10.8. The average molecular weight is 211 g/mol. The van der Waals surface area contributed by atoms with Gasteiger partial charge in [0.25, 0.3) is 0 Å². The predicted octanol–water partition coefficient (Wildman–Crippen LogP) is 4.24. The van der Waals surface area contributed by atoms with Gasteiger partial charge in [-0.05, 0) is 51.7 Å². The van der Waals surface area contributed by atoms with Crippen LogP contribution in [0.5, 0.6) is 0 Å². The second-order valence-electron chi connectivity index (χ2n) is 4.33. The fourth-order valence-electron chi connectivity index (χ4n) is 1.95. The van der Waals surface area contributed by atoms with Crippen LogP contribution in [-0.2, 0) is 0 Å². The van der Waals surface area contributed by atoms with E-state index < -0.39 is 0 Å². The van der Waals surface area contributed by atoms with E-state index >= 15 is 0 Å². The lowest BCUT2D eigenvalue weighted by molar-refractivity contribution is 0.268. The standard InChI is InChI=1S/C14H29N/c1-4-7-8-9-10-11-14-15(12-5-2)13-6-3/h4H,1,5-14H2,2-3H3. The van der Waals surface area contributed by atoms with Gasteiger partial charge in [-0.3, -0.25) is 0 Å². The van der Waals surface area contributed by atoms with Crippen LogP contribution in [0.3, 0.4) is 0 Å². The fourth-order valence-corrected chi connectivity index (χ4v) is 1.95. The van der Waals surface area contributed by atoms with E-state index in [-0.39, 0.29) is 0 Å². The second kappa shape index (κ2) is 11.8. The van der Waals surface area contributed by atoms with Crippen LogP contribution in [0.4, 0.5) is 0 Å². The van der Waals surface area contributed by atoms with Gasteiger partial charge in [0.1, 0.15) is 0 Å². The molecule has 0 aromatic carbocycles. The molecule has 0 saturated heterocycles. The maximum Gasteiger partial charge on any atom is -0.00187 e. The number of hydrogen-bond donors (Lipinski definition) is 0. The number of allylic oxidation sites excluding steroid dienone is 1. The van der Waals surface area contributed by atoms with Crippen LogP contribution in [0.15, 0.2) is 12.7 Å². The van der Waals surface area contributed by atoms with Gasteiger partial charge in [0, 0.05) is 0 Å². The highest BCUT2D eigenvalue weighted by Crippen LogP contribution is 2.05. The molecular weight excluding hydrogens is 182 g/mol. The first kappa shape index (κ1) is 14.7. The molecule has 90 valence electrons. The van der Waals surface area contributed by atoms with Gasteiger partial charge < -0.3 is 4.90 Å². The van der Waals surface area contributed by atoms with E-state index in [1.165, 1.54) is 64.6 Å². The van der Waals surface area contributed by atoms with E-state index in [1.54, 1.807) is 0 Å². The molecule has 0 aliphatic carbocycles. The van der Waals surface area contributed by atoms with E-state index in [0.29, 0.717) is 0 Å². The number of hydrogen-bond acceptors (Lipinski definition) is 1. The minimum absolute atomic E-state index is 1.19. The smallest absolute Gasteiger partial charge is 0.00187 e. The zero-order valence-electron chi connectivity index (χ0n) is 10.8. The molecular formula is C14H29N. The quantitative estimate of drug-likeness (QED) is 0.365. The molecule has 15 heavy (non-hydrogen) atoms. The summed E-state index contributed by atoms with van der Waals surface area (Å²) in [6.45, 7) is 12.1. The molecule has 0 fully saturated rings. The number of unbranched alkanes of at least 4 members (excludes halogenated alkanes) is 4. The third kappa shape index (κ3) is 9.99. The van der Waals surface area contributed by atoms with Crippen molar-refractivity contribution in [2.75, 3.05) is 19.6 Å². The third-order valence-corrected chi connectivity index (χ3v) is 2.71. The Morgan fingerprint density at radius 1 is 0.867 bits per heavy atom. The molecule has 0 aromatic rings. The van der Waals surface area contributed by atoms with Crippen molar-refractivity contribution in [3.63, 3.8) is 0 Å². The summed E-state index contributed by atoms with van der Waals surface area (Å²) < 4.78 is 0. The van der Waals surface area contributed by atoms with Crippen LogP contribution in [-0.4, -0.2) is 24.5 Å². The highest BCUT2D eigenvalue weighted by Gasteiger charge is 2.01. The molecule has 0 saturated carbocycles. The molecule has 0 aliphatic rings. The summed E-state index contributed by atoms with van der Waals surface area (Å²) in [5.74, 6) is 0. The van der Waals surface area contributed by atoms with Gasteiger partial charge >= 0.3 is 0 Å². The van der Waals surface area contributed by atoms with Crippen molar-refractivity contribution in [3.05, 3.63) is 12.7 Å². The summed E-state index contributed by atoms with van der Waals surface area (Å²) in [5, 5.41) is 0. The highest BCUT2D eigenvalue weighted by molar-refractivity contribution is 4.65. The van der Waals surface area contributed by atoms with Crippen LogP contribution in [0.2, 0.25) is 0 Å². The summed E-state index contributed by atoms with van der Waals surface area (Å²) in [7, 11) is 0. The van der Waals surface area contributed by atoms with Gasteiger partial charge in [-0.2, -0.15) is 0 Å². The van der Waals surface area contributed by atoms with E-state index in [0.717, 1.165) is 0 Å². The van der Waals surface area contributed by atoms with Gasteiger partial charge in [-0.1, -0.05) is 32.8 Å². The summed E-state index contributed by atoms with van der Waals surface area (Å²) in [6, 6.07) is 0. The molecule has 0 bridgehead atoms. The molecule has 0 aromatic heterocycles. The zero-order chi connectivity index (χ0) is 11.4. The van der Waals surface area contributed by atoms with Crippen molar-refractivity contribution in [2.24, 2.45) is 0 Å². The van der Waals surface area contributed by atoms with E-state index in [2.05, 4.69) is 25.3 Å². The van der Waals surface area contributed by atoms with Gasteiger partial charge in [-0.25, -0.2) is 0 Å². The van der Waals surface area contributed by atoms with Crippen molar-refractivity contribution in [3.8, 4) is 0 Å². The lowest BCUT2D eigenvalue weighted by Gasteiger charge is -2.20. The lowest BCUT2D eigenvalue weighted by atomic mass is 10.1. The largest absolute Gasteiger partial charge is 0.303 e. The molecule has 0 N–H and O–H groups in total. The Bertz CT molecular complexity index is 125. The first-order valence-electron chi connectivity index (χ1n) is 6.68. The van der Waals surface area contributed by atoms with Gasteiger partial charge in [0.15, 0.2) is 0 Å². The molecule has 0 aliphatic heterocycles. The number of nitrogens with zero attached hydrogens (tertiary/aromatic N) is 1. The Balaban J connectivity index is 3.31. The molecule has 0 rings (SSSR count). The minimum atomic E-state index is 1.19. The van der Waals surface area contributed by atoms with Crippen molar-refractivity contribution in [2.45, 2.75) is 58.8 Å². The molecule has 1 nitrogen and oxygen atoms in total. The van der Waals surface area contributed by atoms with Crippen molar-refractivity contribution < 1.29 is 0 Å². The Morgan fingerprint density at radius 2 is 1.47 bits per heavy atom. The SMILES string of the molecule is C=CCCCCCCN(CCC)CCC. The molecule has 0 atom stereocenters. The van der Waals surface area contributed by atoms with Crippen LogP contribution in [0, 0.1) is 0 Å². The molecule has 0 radical (unpaired) electrons. The van der Waals surface area contributed by atoms with E-state index in [9.17, 15) is 0 Å². The summed E-state index contributed by atoms with van der Waals surface area (Å²) >= 11 is 0. The van der Waals surface area contributed by atoms with E-state index in [4.69, 9.17) is 0 Å². The first-order valence-corrected chi connectivity index (χ1v) is 6.68. The van der Waals surface area contributed by atoms with Crippen LogP contribution in [0.1, 0.15) is 58.8 Å². The van der Waals surface area contributed by atoms with Crippen LogP contribution in [0.25, 0.3) is 0 Å². The Kier molecular flexibility index (Phi) is 11.5. The molecule has 0 amide bonds. The molecule has 0 unspecified atom stereocenters. The normalized spacial score (nSPS) is 10.9. The Morgan fingerprint density at radius 3 is 2.00 bits per heavy atom. The highest BCUT2D eigenvalue weighted by atomic mass is 15.1. The third-order valence-electron chi connectivity index (χ3n) is 2.71. The minimum Gasteiger partial charge on any atom is -0.303 e. The first-order chi connectivity index (χ1) is 7.35. The summed E-state index contributed by atoms with van der Waals surface area (Å²) in [6.07, 6.45) is 11.2. The number of rotatable bonds is 11. The van der Waals surface area contributed by atoms with Crippen molar-refractivity contribution >= 4 is 0 Å². The van der Waals surface area contributed by atoms with Crippen molar-refractivity contribution in [1.29, 1.82) is 0 Å². The monoisotopic (exact) mass is 211 g/mol. The van der Waals surface area contributed by atoms with Crippen molar-refractivity contribution in [1.82, 2.24) is 4.90 Å². The maximum absolute atomic E-state index is 3.75.